The maximum absolute atomic E-state index is 13.6. The molecule has 8 atom stereocenters. The highest BCUT2D eigenvalue weighted by atomic mass is 32.2. The van der Waals surface area contributed by atoms with Gasteiger partial charge in [-0.05, 0) is 206 Å². The van der Waals surface area contributed by atoms with Gasteiger partial charge in [-0.25, -0.2) is 53.6 Å². The summed E-state index contributed by atoms with van der Waals surface area (Å²) in [6.07, 6.45) is 8.27. The highest BCUT2D eigenvalue weighted by Crippen LogP contribution is 2.45. The first kappa shape index (κ1) is 112. The van der Waals surface area contributed by atoms with Gasteiger partial charge < -0.3 is 58.3 Å². The number of benzene rings is 4. The van der Waals surface area contributed by atoms with Crippen LogP contribution in [0.1, 0.15) is 160 Å². The zero-order chi connectivity index (χ0) is 108. The Morgan fingerprint density at radius 2 is 0.439 bits per heavy atom. The van der Waals surface area contributed by atoms with Crippen LogP contribution in [-0.2, 0) is 62.4 Å². The molecule has 12 aromatic heterocycles. The molecular formula is C100H116N20O20S8. The van der Waals surface area contributed by atoms with Crippen molar-refractivity contribution in [1.29, 1.82) is 0 Å². The number of aliphatic hydroxyl groups is 4. The van der Waals surface area contributed by atoms with Crippen molar-refractivity contribution >= 4 is 84.7 Å². The Hall–Kier alpha value is -13.4. The van der Waals surface area contributed by atoms with E-state index in [2.05, 4.69) is 80.7 Å². The van der Waals surface area contributed by atoms with Crippen LogP contribution in [0.2, 0.25) is 0 Å². The average Bonchev–Trinajstić information content (AvgIpc) is 1.61. The van der Waals surface area contributed by atoms with Crippen LogP contribution in [0.3, 0.4) is 0 Å². The molecule has 16 rings (SSSR count). The van der Waals surface area contributed by atoms with E-state index in [4.69, 9.17) is 37.9 Å². The van der Waals surface area contributed by atoms with Crippen molar-refractivity contribution in [3.63, 3.8) is 0 Å². The number of thiazole rings is 4. The molecule has 0 aliphatic rings. The second kappa shape index (κ2) is 47.4. The minimum atomic E-state index is -3.91. The van der Waals surface area contributed by atoms with Gasteiger partial charge in [0.1, 0.15) is 136 Å². The average molecular weight is 2170 g/mol. The molecular weight excluding hydrogens is 2060 g/mol. The van der Waals surface area contributed by atoms with Gasteiger partial charge in [-0.1, -0.05) is 24.3 Å². The molecule has 48 heteroatoms. The fourth-order valence-corrected chi connectivity index (χ4v) is 25.3. The third kappa shape index (κ3) is 24.4. The van der Waals surface area contributed by atoms with Gasteiger partial charge in [-0.2, -0.15) is 0 Å². The molecule has 4 N–H and O–H groups in total. The lowest BCUT2D eigenvalue weighted by Crippen LogP contribution is -2.28. The van der Waals surface area contributed by atoms with Crippen LogP contribution >= 0.6 is 45.3 Å². The van der Waals surface area contributed by atoms with Gasteiger partial charge in [0, 0.05) is 91.3 Å². The maximum Gasteiger partial charge on any atom is 0.170 e. The van der Waals surface area contributed by atoms with Crippen molar-refractivity contribution in [2.75, 3.05) is 56.9 Å². The number of hydrogen-bond donors (Lipinski definition) is 4. The summed E-state index contributed by atoms with van der Waals surface area (Å²) in [5.41, 5.74) is 11.1. The van der Waals surface area contributed by atoms with E-state index in [1.807, 2.05) is 107 Å². The van der Waals surface area contributed by atoms with Gasteiger partial charge in [-0.15, -0.1) is 86.1 Å². The largest absolute Gasteiger partial charge is 0.494 e. The van der Waals surface area contributed by atoms with E-state index in [-0.39, 0.29) is 23.3 Å². The lowest BCUT2D eigenvalue weighted by Gasteiger charge is -2.20. The molecule has 784 valence electrons. The molecule has 0 radical (unpaired) electrons. The van der Waals surface area contributed by atoms with Gasteiger partial charge in [0.25, 0.3) is 0 Å². The van der Waals surface area contributed by atoms with E-state index < -0.39 is 108 Å². The van der Waals surface area contributed by atoms with Crippen LogP contribution in [0.25, 0.3) is 68.3 Å². The smallest absolute Gasteiger partial charge is 0.170 e. The first-order valence-electron chi connectivity index (χ1n) is 45.9. The number of rotatable bonds is 36. The van der Waals surface area contributed by atoms with Crippen LogP contribution in [0.4, 0.5) is 0 Å². The summed E-state index contributed by atoms with van der Waals surface area (Å²) in [6, 6.07) is 28.6. The number of aryl methyl sites for hydroxylation is 12. The molecule has 16 aromatic rings. The fraction of sp³-hybridized carbons (Fsp3) is 0.360. The van der Waals surface area contributed by atoms with E-state index in [0.717, 1.165) is 64.5 Å². The van der Waals surface area contributed by atoms with Crippen LogP contribution < -0.4 is 37.9 Å². The minimum Gasteiger partial charge on any atom is -0.494 e. The third-order valence-electron chi connectivity index (χ3n) is 24.5. The van der Waals surface area contributed by atoms with Crippen molar-refractivity contribution in [2.24, 2.45) is 0 Å². The van der Waals surface area contributed by atoms with E-state index in [0.29, 0.717) is 134 Å². The molecule has 0 bridgehead atoms. The SMILES string of the molecule is COc1cccc(OC)c1-n1c(CS(=O)(=O)[C@@H](C)[C@@H](O)c2nc(C)c(C)s2)nnc1-c1cncc(C)c1.COc1cccc(OC)c1-n1c(CS(=O)(=O)[C@@H](C)[C@H](O)c2nc(C)c(C)s2)nnc1-c1cncc(C)c1.COc1cccc(OC)c1-n1c(CS(=O)(=O)[C@H](C)[C@@H](O)c2nc(C)c(C)s2)nnc1-c1cncc(C)c1.COc1cccc(OC)c1-n1c(CS(=O)(=O)[C@H](C)[C@H](O)c2nc(C)c(C)s2)nnc1-c1cncc(C)c1. The Labute approximate surface area is 874 Å². The molecule has 148 heavy (non-hydrogen) atoms. The normalized spacial score (nSPS) is 13.4. The van der Waals surface area contributed by atoms with Crippen molar-refractivity contribution < 1.29 is 92.0 Å². The van der Waals surface area contributed by atoms with E-state index in [1.165, 1.54) is 130 Å². The van der Waals surface area contributed by atoms with Crippen molar-refractivity contribution in [3.8, 4) is 114 Å². The lowest BCUT2D eigenvalue weighted by molar-refractivity contribution is 0.175. The summed E-state index contributed by atoms with van der Waals surface area (Å²) in [7, 11) is -3.52. The van der Waals surface area contributed by atoms with Crippen molar-refractivity contribution in [1.82, 2.24) is 98.9 Å². The van der Waals surface area contributed by atoms with Gasteiger partial charge >= 0.3 is 0 Å². The molecule has 40 nitrogen and oxygen atoms in total. The second-order valence-corrected chi connectivity index (χ2v) is 49.1. The Bertz CT molecular complexity index is 6870. The maximum atomic E-state index is 13.6. The number of aliphatic hydroxyl groups excluding tert-OH is 4. The Morgan fingerprint density at radius 1 is 0.270 bits per heavy atom. The Morgan fingerprint density at radius 3 is 0.581 bits per heavy atom. The van der Waals surface area contributed by atoms with E-state index in [1.54, 1.807) is 141 Å². The summed E-state index contributed by atoms with van der Waals surface area (Å²) in [6.45, 7) is 28.3. The zero-order valence-corrected chi connectivity index (χ0v) is 92.4. The summed E-state index contributed by atoms with van der Waals surface area (Å²) < 4.78 is 160. The molecule has 0 fully saturated rings. The standard InChI is InChI=1S/4C25H29N5O5S2/c4*1-14-10-18(12-26-11-14)24-29-28-21(30(24)22-19(34-5)8-7-9-20(22)35-6)13-37(32,33)17(4)23(31)25-27-15(2)16(3)36-25/h4*7-12,17,23,31H,13H2,1-6H3/t2*17-,23+;2*17-,23-/m1010/s1. The second-order valence-electron chi connectivity index (χ2n) is 34.8. The number of para-hydroxylation sites is 4. The molecule has 4 aromatic carbocycles. The van der Waals surface area contributed by atoms with Crippen LogP contribution in [0, 0.1) is 83.1 Å². The van der Waals surface area contributed by atoms with Gasteiger partial charge in [0.2, 0.25) is 0 Å². The predicted molar refractivity (Wildman–Crippen MR) is 564 cm³/mol. The highest BCUT2D eigenvalue weighted by molar-refractivity contribution is 7.92. The number of methoxy groups -OCH3 is 8. The molecule has 0 saturated heterocycles. The number of aromatic nitrogens is 20. The topological polar surface area (TPSA) is 517 Å². The molecule has 0 amide bonds. The monoisotopic (exact) mass is 2170 g/mol. The number of pyridine rings is 4. The highest BCUT2D eigenvalue weighted by Gasteiger charge is 2.41. The number of sulfone groups is 4. The number of ether oxygens (including phenoxy) is 8. The summed E-state index contributed by atoms with van der Waals surface area (Å²) in [5, 5.41) is 74.9. The first-order valence-corrected chi connectivity index (χ1v) is 56.1. The summed E-state index contributed by atoms with van der Waals surface area (Å²) in [5.74, 6) is 3.72. The molecule has 0 spiro atoms. The number of hydrogen-bond acceptors (Lipinski definition) is 40. The van der Waals surface area contributed by atoms with Crippen molar-refractivity contribution in [2.45, 2.75) is 179 Å². The van der Waals surface area contributed by atoms with Crippen LogP contribution in [-0.4, -0.2) is 231 Å². The molecule has 0 saturated carbocycles. The van der Waals surface area contributed by atoms with Crippen LogP contribution in [0.5, 0.6) is 46.0 Å². The van der Waals surface area contributed by atoms with Gasteiger partial charge in [0.05, 0.1) is 101 Å². The lowest BCUT2D eigenvalue weighted by atomic mass is 10.2. The van der Waals surface area contributed by atoms with Gasteiger partial charge in [-0.3, -0.25) is 38.2 Å². The fourth-order valence-electron chi connectivity index (χ4n) is 15.6. The zero-order valence-electron chi connectivity index (χ0n) is 85.8. The summed E-state index contributed by atoms with van der Waals surface area (Å²) in [4.78, 5) is 38.1. The predicted octanol–water partition coefficient (Wildman–Crippen LogP) is 15.1. The van der Waals surface area contributed by atoms with Gasteiger partial charge in [0.15, 0.2) is 85.9 Å². The first-order chi connectivity index (χ1) is 70.3. The quantitative estimate of drug-likeness (QED) is 0.0283. The molecule has 0 aliphatic carbocycles. The van der Waals surface area contributed by atoms with E-state index >= 15 is 0 Å². The molecule has 0 aliphatic heterocycles. The van der Waals surface area contributed by atoms with Crippen molar-refractivity contribution in [3.05, 3.63) is 255 Å². The Kier molecular flexibility index (Phi) is 35.8. The van der Waals surface area contributed by atoms with E-state index in [9.17, 15) is 54.1 Å². The Balaban J connectivity index is 0.000000165. The number of nitrogens with zero attached hydrogens (tertiary/aromatic N) is 20. The molecule has 12 heterocycles. The van der Waals surface area contributed by atoms with Crippen LogP contribution in [0.15, 0.2) is 147 Å². The molecule has 0 unspecified atom stereocenters. The summed E-state index contributed by atoms with van der Waals surface area (Å²) >= 11 is 5.15. The third-order valence-corrected chi connectivity index (χ3v) is 37.3. The minimum absolute atomic E-state index is 0.143.